The normalized spacial score (nSPS) is 14.2. The van der Waals surface area contributed by atoms with Gasteiger partial charge in [0.2, 0.25) is 0 Å². The molecule has 0 radical (unpaired) electrons. The summed E-state index contributed by atoms with van der Waals surface area (Å²) in [6, 6.07) is 6.37. The summed E-state index contributed by atoms with van der Waals surface area (Å²) in [7, 11) is 3.31. The van der Waals surface area contributed by atoms with Crippen molar-refractivity contribution in [1.29, 1.82) is 0 Å². The average Bonchev–Trinajstić information content (AvgIpc) is 3.30. The van der Waals surface area contributed by atoms with E-state index in [-0.39, 0.29) is 6.42 Å². The Hall–Kier alpha value is -1.75. The third kappa shape index (κ3) is 4.63. The standard InChI is InChI=1S/C16H23NO4/c1-20-14-7-8-15(21-2)12(10-14)11-17(13-5-6-13)9-3-4-16(18)19/h7-8,10,13H,3-6,9,11H2,1-2H3,(H,18,19). The minimum absolute atomic E-state index is 0.221. The molecule has 0 spiro atoms. The summed E-state index contributed by atoms with van der Waals surface area (Å²) in [5.41, 5.74) is 1.08. The van der Waals surface area contributed by atoms with Gasteiger partial charge in [0.1, 0.15) is 11.5 Å². The average molecular weight is 293 g/mol. The van der Waals surface area contributed by atoms with Crippen molar-refractivity contribution < 1.29 is 19.4 Å². The monoisotopic (exact) mass is 293 g/mol. The van der Waals surface area contributed by atoms with Crippen molar-refractivity contribution in [3.8, 4) is 11.5 Å². The molecule has 0 saturated heterocycles. The largest absolute Gasteiger partial charge is 0.497 e. The van der Waals surface area contributed by atoms with Gasteiger partial charge in [-0.25, -0.2) is 0 Å². The van der Waals surface area contributed by atoms with Gasteiger partial charge >= 0.3 is 5.97 Å². The number of hydrogen-bond acceptors (Lipinski definition) is 4. The third-order valence-corrected chi connectivity index (χ3v) is 3.76. The highest BCUT2D eigenvalue weighted by Gasteiger charge is 2.29. The molecule has 1 aliphatic rings. The first-order chi connectivity index (χ1) is 10.1. The third-order valence-electron chi connectivity index (χ3n) is 3.76. The molecule has 1 saturated carbocycles. The molecule has 1 N–H and O–H groups in total. The number of nitrogens with zero attached hydrogens (tertiary/aromatic N) is 1. The molecule has 0 aromatic heterocycles. The van der Waals surface area contributed by atoms with E-state index in [1.54, 1.807) is 14.2 Å². The van der Waals surface area contributed by atoms with Gasteiger partial charge in [0.15, 0.2) is 0 Å². The topological polar surface area (TPSA) is 59.0 Å². The molecule has 116 valence electrons. The Morgan fingerprint density at radius 1 is 1.33 bits per heavy atom. The maximum atomic E-state index is 10.7. The predicted molar refractivity (Wildman–Crippen MR) is 79.8 cm³/mol. The highest BCUT2D eigenvalue weighted by atomic mass is 16.5. The summed E-state index contributed by atoms with van der Waals surface area (Å²) in [5.74, 6) is 0.927. The highest BCUT2D eigenvalue weighted by Crippen LogP contribution is 2.32. The Morgan fingerprint density at radius 2 is 2.10 bits per heavy atom. The molecule has 1 aromatic carbocycles. The number of aliphatic carboxylic acids is 1. The summed E-state index contributed by atoms with van der Waals surface area (Å²) in [6.45, 7) is 1.57. The van der Waals surface area contributed by atoms with Crippen LogP contribution in [0, 0.1) is 0 Å². The molecule has 1 aromatic rings. The molecule has 5 nitrogen and oxygen atoms in total. The molecule has 0 heterocycles. The Kier molecular flexibility index (Phi) is 5.44. The first-order valence-corrected chi connectivity index (χ1v) is 7.30. The van der Waals surface area contributed by atoms with Crippen molar-refractivity contribution >= 4 is 5.97 Å². The van der Waals surface area contributed by atoms with Crippen molar-refractivity contribution in [2.24, 2.45) is 0 Å². The van der Waals surface area contributed by atoms with Crippen LogP contribution >= 0.6 is 0 Å². The number of hydrogen-bond donors (Lipinski definition) is 1. The molecule has 0 bridgehead atoms. The number of ether oxygens (including phenoxy) is 2. The highest BCUT2D eigenvalue weighted by molar-refractivity contribution is 5.66. The molecule has 0 atom stereocenters. The van der Waals surface area contributed by atoms with E-state index >= 15 is 0 Å². The van der Waals surface area contributed by atoms with E-state index in [1.807, 2.05) is 18.2 Å². The van der Waals surface area contributed by atoms with Gasteiger partial charge in [-0.3, -0.25) is 9.69 Å². The summed E-state index contributed by atoms with van der Waals surface area (Å²) >= 11 is 0. The van der Waals surface area contributed by atoms with Gasteiger partial charge in [-0.15, -0.1) is 0 Å². The molecule has 0 amide bonds. The summed E-state index contributed by atoms with van der Waals surface area (Å²) in [5, 5.41) is 8.77. The van der Waals surface area contributed by atoms with Crippen molar-refractivity contribution in [2.75, 3.05) is 20.8 Å². The molecule has 5 heteroatoms. The zero-order valence-electron chi connectivity index (χ0n) is 12.7. The molecule has 1 aliphatic carbocycles. The summed E-state index contributed by atoms with van der Waals surface area (Å²) < 4.78 is 10.7. The quantitative estimate of drug-likeness (QED) is 0.758. The number of carboxylic acid groups (broad SMARTS) is 1. The van der Waals surface area contributed by atoms with Crippen molar-refractivity contribution in [2.45, 2.75) is 38.3 Å². The lowest BCUT2D eigenvalue weighted by atomic mass is 10.1. The van der Waals surface area contributed by atoms with Crippen LogP contribution in [0.3, 0.4) is 0 Å². The Labute approximate surface area is 125 Å². The lowest BCUT2D eigenvalue weighted by Gasteiger charge is -2.23. The SMILES string of the molecule is COc1ccc(OC)c(CN(CCCC(=O)O)C2CC2)c1. The van der Waals surface area contributed by atoms with Crippen LogP contribution in [0.15, 0.2) is 18.2 Å². The maximum Gasteiger partial charge on any atom is 0.303 e. The number of rotatable bonds is 9. The molecule has 21 heavy (non-hydrogen) atoms. The second-order valence-electron chi connectivity index (χ2n) is 5.38. The second-order valence-corrected chi connectivity index (χ2v) is 5.38. The van der Waals surface area contributed by atoms with E-state index in [2.05, 4.69) is 4.90 Å². The predicted octanol–water partition coefficient (Wildman–Crippen LogP) is 2.53. The molecule has 0 unspecified atom stereocenters. The number of carboxylic acids is 1. The molecule has 2 rings (SSSR count). The summed E-state index contributed by atoms with van der Waals surface area (Å²) in [6.07, 6.45) is 3.29. The Morgan fingerprint density at radius 3 is 2.67 bits per heavy atom. The van der Waals surface area contributed by atoms with Gasteiger partial charge in [0, 0.05) is 24.6 Å². The van der Waals surface area contributed by atoms with Crippen molar-refractivity contribution in [1.82, 2.24) is 4.90 Å². The van der Waals surface area contributed by atoms with E-state index in [0.717, 1.165) is 30.2 Å². The van der Waals surface area contributed by atoms with E-state index in [0.29, 0.717) is 12.5 Å². The van der Waals surface area contributed by atoms with Crippen LogP contribution in [0.25, 0.3) is 0 Å². The molecule has 0 aliphatic heterocycles. The van der Waals surface area contributed by atoms with E-state index in [9.17, 15) is 4.79 Å². The van der Waals surface area contributed by atoms with Crippen LogP contribution in [0.1, 0.15) is 31.2 Å². The lowest BCUT2D eigenvalue weighted by Crippen LogP contribution is -2.27. The van der Waals surface area contributed by atoms with E-state index in [1.165, 1.54) is 12.8 Å². The molecule has 1 fully saturated rings. The summed E-state index contributed by atoms with van der Waals surface area (Å²) in [4.78, 5) is 13.0. The molecular formula is C16H23NO4. The van der Waals surface area contributed by atoms with Crippen LogP contribution in [0.5, 0.6) is 11.5 Å². The Bertz CT molecular complexity index is 485. The van der Waals surface area contributed by atoms with Gasteiger partial charge in [0.05, 0.1) is 14.2 Å². The van der Waals surface area contributed by atoms with Crippen molar-refractivity contribution in [3.63, 3.8) is 0 Å². The van der Waals surface area contributed by atoms with Gasteiger partial charge < -0.3 is 14.6 Å². The number of benzene rings is 1. The minimum atomic E-state index is -0.732. The van der Waals surface area contributed by atoms with E-state index in [4.69, 9.17) is 14.6 Å². The second kappa shape index (κ2) is 7.31. The van der Waals surface area contributed by atoms with E-state index < -0.39 is 5.97 Å². The van der Waals surface area contributed by atoms with Gasteiger partial charge in [-0.1, -0.05) is 0 Å². The minimum Gasteiger partial charge on any atom is -0.497 e. The van der Waals surface area contributed by atoms with Crippen LogP contribution in [-0.2, 0) is 11.3 Å². The zero-order valence-corrected chi connectivity index (χ0v) is 12.7. The van der Waals surface area contributed by atoms with Gasteiger partial charge in [0.25, 0.3) is 0 Å². The number of carbonyl (C=O) groups is 1. The fourth-order valence-electron chi connectivity index (χ4n) is 2.49. The van der Waals surface area contributed by atoms with Crippen LogP contribution in [-0.4, -0.2) is 42.8 Å². The van der Waals surface area contributed by atoms with Crippen LogP contribution in [0.4, 0.5) is 0 Å². The first-order valence-electron chi connectivity index (χ1n) is 7.30. The Balaban J connectivity index is 2.03. The first kappa shape index (κ1) is 15.6. The van der Waals surface area contributed by atoms with Gasteiger partial charge in [-0.05, 0) is 44.0 Å². The smallest absolute Gasteiger partial charge is 0.303 e. The zero-order chi connectivity index (χ0) is 15.2. The van der Waals surface area contributed by atoms with Crippen molar-refractivity contribution in [3.05, 3.63) is 23.8 Å². The maximum absolute atomic E-state index is 10.7. The molecular weight excluding hydrogens is 270 g/mol. The number of methoxy groups -OCH3 is 2. The fraction of sp³-hybridized carbons (Fsp3) is 0.562. The van der Waals surface area contributed by atoms with Gasteiger partial charge in [-0.2, -0.15) is 0 Å². The van der Waals surface area contributed by atoms with Crippen LogP contribution in [0.2, 0.25) is 0 Å². The lowest BCUT2D eigenvalue weighted by molar-refractivity contribution is -0.137. The fourth-order valence-corrected chi connectivity index (χ4v) is 2.49. The van der Waals surface area contributed by atoms with Crippen LogP contribution < -0.4 is 9.47 Å².